The Hall–Kier alpha value is -3.44. The Morgan fingerprint density at radius 1 is 1.19 bits per heavy atom. The van der Waals surface area contributed by atoms with Gasteiger partial charge < -0.3 is 13.9 Å². The van der Waals surface area contributed by atoms with Crippen LogP contribution in [-0.4, -0.2) is 41.5 Å². The highest BCUT2D eigenvalue weighted by Gasteiger charge is 2.23. The molecule has 0 saturated heterocycles. The summed E-state index contributed by atoms with van der Waals surface area (Å²) in [6.07, 6.45) is 2.33. The molecule has 0 aliphatic heterocycles. The van der Waals surface area contributed by atoms with Crippen molar-refractivity contribution >= 4 is 43.5 Å². The van der Waals surface area contributed by atoms with Crippen LogP contribution in [0, 0.1) is 0 Å². The fourth-order valence-electron chi connectivity index (χ4n) is 3.30. The van der Waals surface area contributed by atoms with E-state index in [1.54, 1.807) is 19.1 Å². The Kier molecular flexibility index (Phi) is 5.39. The summed E-state index contributed by atoms with van der Waals surface area (Å²) in [5.41, 5.74) is -0.586. The molecule has 0 spiro atoms. The van der Waals surface area contributed by atoms with Gasteiger partial charge in [0.2, 0.25) is 11.3 Å². The number of hydrogen-bond donors (Lipinski definition) is 1. The normalized spacial score (nSPS) is 12.8. The fourth-order valence-corrected chi connectivity index (χ4v) is 3.88. The molecule has 1 N–H and O–H groups in total. The molecular formula is C20H17ClN4O6S. The third kappa shape index (κ3) is 3.92. The van der Waals surface area contributed by atoms with Gasteiger partial charge in [-0.2, -0.15) is 8.42 Å². The molecule has 0 fully saturated rings. The lowest BCUT2D eigenvalue weighted by Gasteiger charge is -2.17. The Bertz CT molecular complexity index is 1580. The van der Waals surface area contributed by atoms with Gasteiger partial charge in [0.25, 0.3) is 11.4 Å². The van der Waals surface area contributed by atoms with Crippen molar-refractivity contribution in [3.8, 4) is 11.8 Å². The molecule has 0 radical (unpaired) electrons. The van der Waals surface area contributed by atoms with Crippen molar-refractivity contribution in [2.45, 2.75) is 13.0 Å². The summed E-state index contributed by atoms with van der Waals surface area (Å²) in [5, 5.41) is 4.38. The zero-order valence-electron chi connectivity index (χ0n) is 17.1. The first-order chi connectivity index (χ1) is 15.1. The molecule has 4 aromatic rings. The van der Waals surface area contributed by atoms with E-state index in [2.05, 4.69) is 15.1 Å². The summed E-state index contributed by atoms with van der Waals surface area (Å²) in [7, 11) is -2.56. The Morgan fingerprint density at radius 3 is 2.56 bits per heavy atom. The molecule has 3 heterocycles. The first-order valence-electron chi connectivity index (χ1n) is 9.26. The van der Waals surface area contributed by atoms with Gasteiger partial charge in [-0.05, 0) is 36.8 Å². The maximum atomic E-state index is 13.3. The number of ether oxygens (including phenoxy) is 1. The predicted octanol–water partition coefficient (Wildman–Crippen LogP) is 2.24. The molecule has 3 aromatic heterocycles. The van der Waals surface area contributed by atoms with Gasteiger partial charge in [-0.3, -0.25) is 9.59 Å². The van der Waals surface area contributed by atoms with Crippen molar-refractivity contribution in [3.63, 3.8) is 0 Å². The zero-order valence-corrected chi connectivity index (χ0v) is 18.7. The van der Waals surface area contributed by atoms with Crippen molar-refractivity contribution in [2.24, 2.45) is 0 Å². The maximum Gasteiger partial charge on any atom is 0.307 e. The molecule has 0 aliphatic carbocycles. The highest BCUT2D eigenvalue weighted by atomic mass is 35.5. The number of rotatable bonds is 5. The van der Waals surface area contributed by atoms with Crippen LogP contribution in [0.2, 0.25) is 5.02 Å². The first kappa shape index (κ1) is 21.8. The van der Waals surface area contributed by atoms with Crippen LogP contribution in [0.1, 0.15) is 18.5 Å². The van der Waals surface area contributed by atoms with Crippen LogP contribution in [0.25, 0.3) is 21.8 Å². The number of nitrogens with one attached hydrogen (secondary N) is 1. The smallest absolute Gasteiger partial charge is 0.307 e. The SMILES string of the molecule is COc1ccc(C(C)n2nc(OS(C)(=O)=O)c3[nH]c4cc(Cl)ccc4c(=O)c3c2=O)cn1. The van der Waals surface area contributed by atoms with Gasteiger partial charge in [0, 0.05) is 22.7 Å². The van der Waals surface area contributed by atoms with Gasteiger partial charge in [-0.1, -0.05) is 11.6 Å². The van der Waals surface area contributed by atoms with E-state index in [1.807, 2.05) is 0 Å². The molecule has 1 aromatic carbocycles. The second-order valence-electron chi connectivity index (χ2n) is 7.05. The molecule has 10 nitrogen and oxygen atoms in total. The third-order valence-electron chi connectivity index (χ3n) is 4.85. The summed E-state index contributed by atoms with van der Waals surface area (Å²) < 4.78 is 34.8. The average Bonchev–Trinajstić information content (AvgIpc) is 2.74. The van der Waals surface area contributed by atoms with Crippen LogP contribution in [0.5, 0.6) is 11.8 Å². The van der Waals surface area contributed by atoms with Crippen molar-refractivity contribution in [1.82, 2.24) is 19.7 Å². The Labute approximate surface area is 186 Å². The second kappa shape index (κ2) is 7.92. The molecular weight excluding hydrogens is 460 g/mol. The third-order valence-corrected chi connectivity index (χ3v) is 5.54. The van der Waals surface area contributed by atoms with Crippen LogP contribution in [0.3, 0.4) is 0 Å². The van der Waals surface area contributed by atoms with E-state index < -0.39 is 33.0 Å². The van der Waals surface area contributed by atoms with Crippen LogP contribution in [0.15, 0.2) is 46.1 Å². The highest BCUT2D eigenvalue weighted by Crippen LogP contribution is 2.25. The monoisotopic (exact) mass is 476 g/mol. The fraction of sp³-hybridized carbons (Fsp3) is 0.200. The van der Waals surface area contributed by atoms with E-state index in [0.717, 1.165) is 10.9 Å². The lowest BCUT2D eigenvalue weighted by Crippen LogP contribution is -2.31. The Morgan fingerprint density at radius 2 is 1.94 bits per heavy atom. The number of nitrogens with zero attached hydrogens (tertiary/aromatic N) is 3. The quantitative estimate of drug-likeness (QED) is 0.342. The van der Waals surface area contributed by atoms with Crippen LogP contribution >= 0.6 is 11.6 Å². The number of aromatic amines is 1. The van der Waals surface area contributed by atoms with E-state index in [-0.39, 0.29) is 16.3 Å². The highest BCUT2D eigenvalue weighted by molar-refractivity contribution is 7.86. The van der Waals surface area contributed by atoms with E-state index in [9.17, 15) is 18.0 Å². The topological polar surface area (TPSA) is 133 Å². The van der Waals surface area contributed by atoms with E-state index in [0.29, 0.717) is 22.0 Å². The number of methoxy groups -OCH3 is 1. The van der Waals surface area contributed by atoms with E-state index in [1.165, 1.54) is 31.5 Å². The molecule has 0 bridgehead atoms. The van der Waals surface area contributed by atoms with Gasteiger partial charge in [0.1, 0.15) is 10.9 Å². The van der Waals surface area contributed by atoms with Crippen molar-refractivity contribution in [1.29, 1.82) is 0 Å². The average molecular weight is 477 g/mol. The zero-order chi connectivity index (χ0) is 23.2. The summed E-state index contributed by atoms with van der Waals surface area (Å²) >= 11 is 6.01. The number of benzene rings is 1. The van der Waals surface area contributed by atoms with Gasteiger partial charge in [-0.25, -0.2) is 9.67 Å². The van der Waals surface area contributed by atoms with Gasteiger partial charge >= 0.3 is 10.1 Å². The standard InChI is InChI=1S/C20H17ClN4O6S/c1-10(11-4-7-15(30-2)22-9-11)25-20(27)16-17(19(24-25)31-32(3,28)29)23-14-8-12(21)5-6-13(14)18(16)26/h4-10H,1-3H3,(H,23,26). The largest absolute Gasteiger partial charge is 0.481 e. The number of pyridine rings is 2. The lowest BCUT2D eigenvalue weighted by molar-refractivity contribution is 0.396. The molecule has 1 unspecified atom stereocenters. The summed E-state index contributed by atoms with van der Waals surface area (Å²) in [4.78, 5) is 33.5. The number of aromatic nitrogens is 4. The predicted molar refractivity (Wildman–Crippen MR) is 119 cm³/mol. The lowest BCUT2D eigenvalue weighted by atomic mass is 10.1. The van der Waals surface area contributed by atoms with Crippen LogP contribution in [-0.2, 0) is 10.1 Å². The Balaban J connectivity index is 2.05. The van der Waals surface area contributed by atoms with Gasteiger partial charge in [-0.15, -0.1) is 5.10 Å². The number of halogens is 1. The first-order valence-corrected chi connectivity index (χ1v) is 11.5. The molecule has 4 rings (SSSR count). The summed E-state index contributed by atoms with van der Waals surface area (Å²) in [6.45, 7) is 1.66. The summed E-state index contributed by atoms with van der Waals surface area (Å²) in [6, 6.07) is 7.07. The molecule has 32 heavy (non-hydrogen) atoms. The number of hydrogen-bond acceptors (Lipinski definition) is 8. The molecule has 0 aliphatic rings. The molecule has 1 atom stereocenters. The number of H-pyrrole nitrogens is 1. The number of fused-ring (bicyclic) bond motifs is 2. The molecule has 12 heteroatoms. The van der Waals surface area contributed by atoms with E-state index in [4.69, 9.17) is 20.5 Å². The van der Waals surface area contributed by atoms with Crippen molar-refractivity contribution < 1.29 is 17.3 Å². The molecule has 0 amide bonds. The minimum atomic E-state index is -4.03. The van der Waals surface area contributed by atoms with Crippen molar-refractivity contribution in [3.05, 3.63) is 67.7 Å². The van der Waals surface area contributed by atoms with Gasteiger partial charge in [0.15, 0.2) is 0 Å². The minimum Gasteiger partial charge on any atom is -0.481 e. The van der Waals surface area contributed by atoms with Crippen LogP contribution in [0.4, 0.5) is 0 Å². The summed E-state index contributed by atoms with van der Waals surface area (Å²) in [5.74, 6) is -0.0585. The minimum absolute atomic E-state index is 0.142. The van der Waals surface area contributed by atoms with E-state index >= 15 is 0 Å². The second-order valence-corrected chi connectivity index (χ2v) is 9.06. The van der Waals surface area contributed by atoms with Crippen LogP contribution < -0.4 is 19.9 Å². The van der Waals surface area contributed by atoms with Crippen molar-refractivity contribution in [2.75, 3.05) is 13.4 Å². The molecule has 166 valence electrons. The van der Waals surface area contributed by atoms with Gasteiger partial charge in [0.05, 0.1) is 24.9 Å². The molecule has 0 saturated carbocycles. The maximum absolute atomic E-state index is 13.3.